The molecule has 0 aliphatic carbocycles. The van der Waals surface area contributed by atoms with Crippen molar-refractivity contribution in [1.82, 2.24) is 0 Å². The summed E-state index contributed by atoms with van der Waals surface area (Å²) in [5, 5.41) is 17.1. The Morgan fingerprint density at radius 3 is 0.739 bits per heavy atom. The van der Waals surface area contributed by atoms with Gasteiger partial charge in [0.1, 0.15) is 0 Å². The summed E-state index contributed by atoms with van der Waals surface area (Å²) in [5.74, 6) is -1.32. The zero-order valence-electron chi connectivity index (χ0n) is 31.1. The van der Waals surface area contributed by atoms with Crippen LogP contribution >= 0.6 is 0 Å². The van der Waals surface area contributed by atoms with Crippen LogP contribution in [-0.2, 0) is 9.59 Å². The number of carbonyl (C=O) groups is 2. The van der Waals surface area contributed by atoms with Gasteiger partial charge in [-0.25, -0.2) is 0 Å². The van der Waals surface area contributed by atoms with E-state index in [1.165, 1.54) is 180 Å². The van der Waals surface area contributed by atoms with E-state index in [9.17, 15) is 9.59 Å². The molecular weight excluding hydrogens is 568 g/mol. The molecule has 0 saturated heterocycles. The fraction of sp³-hybridized carbons (Fsp3) is 0.857. The summed E-state index contributed by atoms with van der Waals surface area (Å²) < 4.78 is 0. The molecule has 0 aromatic rings. The van der Waals surface area contributed by atoms with Gasteiger partial charge in [0.15, 0.2) is 0 Å². The predicted octanol–water partition coefficient (Wildman–Crippen LogP) is 14.6. The summed E-state index contributed by atoms with van der Waals surface area (Å²) >= 11 is 0. The van der Waals surface area contributed by atoms with Crippen molar-refractivity contribution in [2.24, 2.45) is 0 Å². The van der Waals surface area contributed by atoms with E-state index in [0.717, 1.165) is 25.7 Å². The predicted molar refractivity (Wildman–Crippen MR) is 202 cm³/mol. The van der Waals surface area contributed by atoms with E-state index in [-0.39, 0.29) is 0 Å². The SMILES string of the molecule is CCCCCCCC/C=C\CCCCCCCCCC(=O)O.CCCCCCCC/C=C\CCCCCCCCCCCC(=O)O. The third-order valence-corrected chi connectivity index (χ3v) is 8.80. The lowest BCUT2D eigenvalue weighted by atomic mass is 10.1. The maximum atomic E-state index is 10.4. The van der Waals surface area contributed by atoms with Crippen LogP contribution in [0.15, 0.2) is 24.3 Å². The average molecular weight is 649 g/mol. The van der Waals surface area contributed by atoms with Gasteiger partial charge in [0.25, 0.3) is 0 Å². The highest BCUT2D eigenvalue weighted by atomic mass is 16.4. The van der Waals surface area contributed by atoms with Crippen LogP contribution in [0.2, 0.25) is 0 Å². The molecule has 2 N–H and O–H groups in total. The van der Waals surface area contributed by atoms with Gasteiger partial charge >= 0.3 is 11.9 Å². The average Bonchev–Trinajstić information content (AvgIpc) is 3.03. The van der Waals surface area contributed by atoms with Crippen LogP contribution in [0.3, 0.4) is 0 Å². The van der Waals surface area contributed by atoms with Gasteiger partial charge in [-0.3, -0.25) is 9.59 Å². The summed E-state index contributed by atoms with van der Waals surface area (Å²) in [6.07, 6.45) is 51.3. The minimum absolute atomic E-state index is 0.337. The zero-order valence-corrected chi connectivity index (χ0v) is 31.1. The monoisotopic (exact) mass is 649 g/mol. The second-order valence-corrected chi connectivity index (χ2v) is 13.6. The van der Waals surface area contributed by atoms with Gasteiger partial charge in [0.2, 0.25) is 0 Å². The molecule has 0 unspecified atom stereocenters. The van der Waals surface area contributed by atoms with Crippen LogP contribution in [0.5, 0.6) is 0 Å². The van der Waals surface area contributed by atoms with E-state index in [2.05, 4.69) is 38.2 Å². The lowest BCUT2D eigenvalue weighted by Gasteiger charge is -2.01. The van der Waals surface area contributed by atoms with Crippen molar-refractivity contribution in [1.29, 1.82) is 0 Å². The third-order valence-electron chi connectivity index (χ3n) is 8.80. The first kappa shape index (κ1) is 46.5. The van der Waals surface area contributed by atoms with Crippen LogP contribution in [0.25, 0.3) is 0 Å². The van der Waals surface area contributed by atoms with Crippen molar-refractivity contribution in [3.05, 3.63) is 24.3 Å². The molecule has 0 aliphatic heterocycles. The van der Waals surface area contributed by atoms with Crippen LogP contribution in [-0.4, -0.2) is 22.2 Å². The first-order valence-electron chi connectivity index (χ1n) is 20.3. The van der Waals surface area contributed by atoms with E-state index >= 15 is 0 Å². The Balaban J connectivity index is 0. The largest absolute Gasteiger partial charge is 0.481 e. The molecule has 0 saturated carbocycles. The molecule has 0 rings (SSSR count). The molecular formula is C42H80O4. The Morgan fingerprint density at radius 2 is 0.522 bits per heavy atom. The molecule has 0 spiro atoms. The first-order valence-corrected chi connectivity index (χ1v) is 20.3. The lowest BCUT2D eigenvalue weighted by Crippen LogP contribution is -1.93. The molecule has 0 bridgehead atoms. The quantitative estimate of drug-likeness (QED) is 0.0523. The number of hydrogen-bond acceptors (Lipinski definition) is 2. The highest BCUT2D eigenvalue weighted by Gasteiger charge is 1.98. The standard InChI is InChI=1S/C22H42O2.C20H38O2/c1-2-3-4-5-6-7-8-9-10-11-12-13-14-15-16-17-18-19-20-21-22(23)24;1-2-3-4-5-6-7-8-9-10-11-12-13-14-15-16-17-18-19-20(21)22/h9-10H,2-8,11-21H2,1H3,(H,23,24);9-10H,2-8,11-19H2,1H3,(H,21,22)/b2*10-9-. The fourth-order valence-electron chi connectivity index (χ4n) is 5.75. The van der Waals surface area contributed by atoms with Crippen molar-refractivity contribution in [2.75, 3.05) is 0 Å². The molecule has 46 heavy (non-hydrogen) atoms. The number of rotatable bonds is 36. The van der Waals surface area contributed by atoms with E-state index in [0.29, 0.717) is 12.8 Å². The van der Waals surface area contributed by atoms with Gasteiger partial charge < -0.3 is 10.2 Å². The molecule has 4 nitrogen and oxygen atoms in total. The number of allylic oxidation sites excluding steroid dienone is 4. The van der Waals surface area contributed by atoms with E-state index in [4.69, 9.17) is 10.2 Å². The molecule has 0 aromatic carbocycles. The minimum Gasteiger partial charge on any atom is -0.481 e. The number of unbranched alkanes of at least 4 members (excludes halogenated alkanes) is 28. The lowest BCUT2D eigenvalue weighted by molar-refractivity contribution is -0.138. The minimum atomic E-state index is -0.659. The number of hydrogen-bond donors (Lipinski definition) is 2. The summed E-state index contributed by atoms with van der Waals surface area (Å²) in [4.78, 5) is 20.7. The molecule has 0 heterocycles. The van der Waals surface area contributed by atoms with Gasteiger partial charge in [0.05, 0.1) is 0 Å². The molecule has 0 fully saturated rings. The van der Waals surface area contributed by atoms with Crippen LogP contribution in [0.1, 0.15) is 232 Å². The first-order chi connectivity index (χ1) is 22.5. The Morgan fingerprint density at radius 1 is 0.326 bits per heavy atom. The highest BCUT2D eigenvalue weighted by Crippen LogP contribution is 2.13. The normalized spacial score (nSPS) is 11.3. The molecule has 0 aromatic heterocycles. The maximum absolute atomic E-state index is 10.4. The number of carboxylic acids is 2. The van der Waals surface area contributed by atoms with E-state index < -0.39 is 11.9 Å². The van der Waals surface area contributed by atoms with Crippen molar-refractivity contribution < 1.29 is 19.8 Å². The molecule has 0 radical (unpaired) electrons. The summed E-state index contributed by atoms with van der Waals surface area (Å²) in [7, 11) is 0. The summed E-state index contributed by atoms with van der Waals surface area (Å²) in [6, 6.07) is 0. The van der Waals surface area contributed by atoms with Crippen LogP contribution < -0.4 is 0 Å². The summed E-state index contributed by atoms with van der Waals surface area (Å²) in [5.41, 5.74) is 0. The second kappa shape index (κ2) is 43.4. The smallest absolute Gasteiger partial charge is 0.303 e. The Bertz CT molecular complexity index is 654. The fourth-order valence-corrected chi connectivity index (χ4v) is 5.75. The summed E-state index contributed by atoms with van der Waals surface area (Å²) in [6.45, 7) is 4.54. The maximum Gasteiger partial charge on any atom is 0.303 e. The third kappa shape index (κ3) is 49.3. The van der Waals surface area contributed by atoms with Crippen molar-refractivity contribution in [3.63, 3.8) is 0 Å². The topological polar surface area (TPSA) is 74.6 Å². The zero-order chi connectivity index (χ0) is 34.0. The van der Waals surface area contributed by atoms with Gasteiger partial charge in [-0.1, -0.05) is 179 Å². The molecule has 272 valence electrons. The Kier molecular flexibility index (Phi) is 43.9. The molecule has 0 aliphatic rings. The second-order valence-electron chi connectivity index (χ2n) is 13.6. The molecule has 0 atom stereocenters. The van der Waals surface area contributed by atoms with Crippen molar-refractivity contribution in [2.45, 2.75) is 232 Å². The highest BCUT2D eigenvalue weighted by molar-refractivity contribution is 5.66. The van der Waals surface area contributed by atoms with E-state index in [1.807, 2.05) is 0 Å². The number of carboxylic acid groups (broad SMARTS) is 2. The van der Waals surface area contributed by atoms with Gasteiger partial charge in [-0.2, -0.15) is 0 Å². The molecule has 0 amide bonds. The van der Waals surface area contributed by atoms with Gasteiger partial charge in [-0.05, 0) is 64.2 Å². The van der Waals surface area contributed by atoms with Crippen LogP contribution in [0, 0.1) is 0 Å². The van der Waals surface area contributed by atoms with Crippen molar-refractivity contribution in [3.8, 4) is 0 Å². The number of aliphatic carboxylic acids is 2. The van der Waals surface area contributed by atoms with Crippen molar-refractivity contribution >= 4 is 11.9 Å². The molecule has 4 heteroatoms. The van der Waals surface area contributed by atoms with Crippen LogP contribution in [0.4, 0.5) is 0 Å². The van der Waals surface area contributed by atoms with Gasteiger partial charge in [0, 0.05) is 12.8 Å². The van der Waals surface area contributed by atoms with Gasteiger partial charge in [-0.15, -0.1) is 0 Å². The van der Waals surface area contributed by atoms with E-state index in [1.54, 1.807) is 0 Å². The Hall–Kier alpha value is -1.58. The Labute approximate surface area is 287 Å².